The summed E-state index contributed by atoms with van der Waals surface area (Å²) in [5.41, 5.74) is 3.96. The molecule has 0 amide bonds. The van der Waals surface area contributed by atoms with Crippen LogP contribution in [0.2, 0.25) is 10.0 Å². The van der Waals surface area contributed by atoms with Crippen LogP contribution in [0.4, 0.5) is 0 Å². The summed E-state index contributed by atoms with van der Waals surface area (Å²) in [5.74, 6) is 0. The summed E-state index contributed by atoms with van der Waals surface area (Å²) in [6, 6.07) is 5.57. The molecule has 1 aliphatic heterocycles. The second kappa shape index (κ2) is 29.4. The van der Waals surface area contributed by atoms with Gasteiger partial charge in [-0.15, -0.1) is 6.58 Å². The van der Waals surface area contributed by atoms with Crippen LogP contribution in [-0.4, -0.2) is 18.9 Å². The van der Waals surface area contributed by atoms with E-state index in [2.05, 4.69) is 37.6 Å². The van der Waals surface area contributed by atoms with Crippen LogP contribution in [0.3, 0.4) is 0 Å². The fraction of sp³-hybridized carbons (Fsp3) is 0.500. The Bertz CT molecular complexity index is 770. The van der Waals surface area contributed by atoms with E-state index >= 15 is 0 Å². The van der Waals surface area contributed by atoms with Crippen LogP contribution in [0, 0.1) is 13.8 Å². The van der Waals surface area contributed by atoms with E-state index in [1.807, 2.05) is 66.9 Å². The number of nitrogens with one attached hydrogen (secondary N) is 2. The Labute approximate surface area is 286 Å². The first-order valence-electron chi connectivity index (χ1n) is 12.4. The average molecular weight is 598 g/mol. The molecule has 0 spiro atoms. The van der Waals surface area contributed by atoms with Gasteiger partial charge in [0.2, 0.25) is 0 Å². The Morgan fingerprint density at radius 1 is 1.16 bits per heavy atom. The molecule has 0 saturated carbocycles. The minimum absolute atomic E-state index is 0. The van der Waals surface area contributed by atoms with Crippen LogP contribution < -0.4 is 62.0 Å². The molecule has 0 bridgehead atoms. The third-order valence-electron chi connectivity index (χ3n) is 4.13. The predicted octanol–water partition coefficient (Wildman–Crippen LogP) is 6.98. The minimum atomic E-state index is 0. The Balaban J connectivity index is -0.000000247. The molecule has 0 aromatic heterocycles. The molecule has 7 heteroatoms. The van der Waals surface area contributed by atoms with Gasteiger partial charge in [-0.1, -0.05) is 86.3 Å². The van der Waals surface area contributed by atoms with Crippen molar-refractivity contribution in [3.8, 4) is 0 Å². The van der Waals surface area contributed by atoms with Gasteiger partial charge in [0, 0.05) is 21.8 Å². The SMILES string of the molecule is C=C(C)C.C=C(CC)/C(Cl)=C(\C)NC(C)c1ccc(Cl)cc1Cl.O=[C-][C@H]1CCCN1.[CH2-]CC.[CH2-]CC.[K+]. The normalized spacial score (nSPS) is 14.5. The molecule has 0 aliphatic carbocycles. The van der Waals surface area contributed by atoms with Gasteiger partial charge in [-0.2, -0.15) is 12.8 Å². The summed E-state index contributed by atoms with van der Waals surface area (Å²) >= 11 is 18.3. The number of carbonyl (C=O) groups excluding carboxylic acids is 1. The zero-order valence-electron chi connectivity index (χ0n) is 24.5. The summed E-state index contributed by atoms with van der Waals surface area (Å²) in [6.45, 7) is 29.4. The van der Waals surface area contributed by atoms with E-state index in [-0.39, 0.29) is 63.5 Å². The molecule has 3 nitrogen and oxygen atoms in total. The minimum Gasteiger partial charge on any atom is -0.540 e. The number of hydrogen-bond donors (Lipinski definition) is 2. The van der Waals surface area contributed by atoms with E-state index in [0.717, 1.165) is 55.5 Å². The van der Waals surface area contributed by atoms with Crippen molar-refractivity contribution in [3.05, 3.63) is 82.7 Å². The Morgan fingerprint density at radius 2 is 1.65 bits per heavy atom. The summed E-state index contributed by atoms with van der Waals surface area (Å²) < 4.78 is 0. The Kier molecular flexibility index (Phi) is 35.2. The van der Waals surface area contributed by atoms with Gasteiger partial charge in [0.1, 0.15) is 0 Å². The molecule has 2 atom stereocenters. The van der Waals surface area contributed by atoms with Crippen molar-refractivity contribution in [3.63, 3.8) is 0 Å². The first kappa shape index (κ1) is 44.4. The van der Waals surface area contributed by atoms with Gasteiger partial charge < -0.3 is 29.3 Å². The topological polar surface area (TPSA) is 41.1 Å². The van der Waals surface area contributed by atoms with Crippen molar-refractivity contribution < 1.29 is 56.2 Å². The molecule has 1 aromatic carbocycles. The third kappa shape index (κ3) is 26.4. The van der Waals surface area contributed by atoms with Crippen molar-refractivity contribution in [2.75, 3.05) is 6.54 Å². The monoisotopic (exact) mass is 596 g/mol. The Morgan fingerprint density at radius 3 is 1.97 bits per heavy atom. The molecule has 1 saturated heterocycles. The van der Waals surface area contributed by atoms with Gasteiger partial charge in [-0.3, -0.25) is 0 Å². The third-order valence-corrected chi connectivity index (χ3v) is 5.24. The van der Waals surface area contributed by atoms with Gasteiger partial charge in [0.25, 0.3) is 0 Å². The first-order chi connectivity index (χ1) is 16.9. The molecule has 208 valence electrons. The van der Waals surface area contributed by atoms with Gasteiger partial charge in [0.15, 0.2) is 0 Å². The van der Waals surface area contributed by atoms with Gasteiger partial charge in [-0.05, 0) is 70.4 Å². The molecule has 2 rings (SSSR count). The van der Waals surface area contributed by atoms with E-state index in [1.54, 1.807) is 6.07 Å². The number of halogens is 3. The maximum absolute atomic E-state index is 9.82. The molecule has 1 unspecified atom stereocenters. The predicted molar refractivity (Wildman–Crippen MR) is 164 cm³/mol. The molecule has 1 fully saturated rings. The van der Waals surface area contributed by atoms with E-state index < -0.39 is 0 Å². The van der Waals surface area contributed by atoms with E-state index in [1.165, 1.54) is 5.57 Å². The van der Waals surface area contributed by atoms with Crippen LogP contribution in [0.15, 0.2) is 53.2 Å². The van der Waals surface area contributed by atoms with Crippen molar-refractivity contribution in [1.29, 1.82) is 0 Å². The largest absolute Gasteiger partial charge is 1.00 e. The number of hydrogen-bond acceptors (Lipinski definition) is 3. The van der Waals surface area contributed by atoms with E-state index in [9.17, 15) is 4.79 Å². The van der Waals surface area contributed by atoms with Gasteiger partial charge in [-0.25, -0.2) is 6.29 Å². The van der Waals surface area contributed by atoms with Crippen molar-refractivity contribution >= 4 is 41.1 Å². The van der Waals surface area contributed by atoms with Crippen LogP contribution in [-0.2, 0) is 4.79 Å². The van der Waals surface area contributed by atoms with E-state index in [4.69, 9.17) is 34.8 Å². The van der Waals surface area contributed by atoms with E-state index in [0.29, 0.717) is 15.1 Å². The molecule has 1 heterocycles. The molecule has 1 aromatic rings. The maximum atomic E-state index is 9.82. The standard InChI is InChI=1S/C15H18Cl3N.C5H8NO.C4H8.2C3H7.K/c1-5-9(2)15(18)11(4)19-10(3)13-7-6-12(16)8-14(13)17;7-4-5-2-1-3-6-5;1-4(2)3;2*1-3-2;/h6-8,10,19H,2,5H2,1,3-4H3;5-6H,1-3H2;1H2,2-3H3;2*1,3H2,2H3;/q;-1;;2*-1;+1/b15-11-;;;;;/t;5-;;;;/m.1..../s1. The fourth-order valence-electron chi connectivity index (χ4n) is 2.52. The summed E-state index contributed by atoms with van der Waals surface area (Å²) in [4.78, 5) is 9.82. The molecule has 0 radical (unpaired) electrons. The number of benzene rings is 1. The zero-order chi connectivity index (χ0) is 28.7. The summed E-state index contributed by atoms with van der Waals surface area (Å²) in [5, 5.41) is 8.27. The molecule has 37 heavy (non-hydrogen) atoms. The summed E-state index contributed by atoms with van der Waals surface area (Å²) in [6.07, 6.45) is 6.83. The summed E-state index contributed by atoms with van der Waals surface area (Å²) in [7, 11) is 0. The van der Waals surface area contributed by atoms with Crippen molar-refractivity contribution in [1.82, 2.24) is 10.6 Å². The zero-order valence-corrected chi connectivity index (χ0v) is 29.9. The van der Waals surface area contributed by atoms with Crippen LogP contribution in [0.5, 0.6) is 0 Å². The molecular weight excluding hydrogens is 550 g/mol. The fourth-order valence-corrected chi connectivity index (χ4v) is 3.28. The van der Waals surface area contributed by atoms with Crippen LogP contribution in [0.25, 0.3) is 0 Å². The van der Waals surface area contributed by atoms with Gasteiger partial charge >= 0.3 is 51.4 Å². The molecule has 1 aliphatic rings. The number of allylic oxidation sites excluding steroid dienone is 4. The second-order valence-corrected chi connectivity index (χ2v) is 9.62. The Hall–Kier alpha value is 0.376. The second-order valence-electron chi connectivity index (χ2n) is 8.40. The molecular formula is C30H48Cl3KN2O-2. The van der Waals surface area contributed by atoms with Gasteiger partial charge in [0.05, 0.1) is 5.03 Å². The first-order valence-corrected chi connectivity index (χ1v) is 13.6. The van der Waals surface area contributed by atoms with Crippen LogP contribution in [0.1, 0.15) is 92.2 Å². The quantitative estimate of drug-likeness (QED) is 0.161. The molecule has 2 N–H and O–H groups in total. The van der Waals surface area contributed by atoms with Crippen molar-refractivity contribution in [2.45, 2.75) is 92.7 Å². The number of rotatable bonds is 6. The van der Waals surface area contributed by atoms with Crippen molar-refractivity contribution in [2.24, 2.45) is 0 Å². The average Bonchev–Trinajstić information content (AvgIpc) is 3.33. The maximum Gasteiger partial charge on any atom is 1.00 e. The smallest absolute Gasteiger partial charge is 0.540 e. The van der Waals surface area contributed by atoms with Crippen LogP contribution >= 0.6 is 34.8 Å².